The van der Waals surface area contributed by atoms with Crippen LogP contribution in [0.1, 0.15) is 5.56 Å². The molecular weight excluding hydrogens is 301 g/mol. The minimum absolute atomic E-state index is 0.990. The standard InChI is InChI=1S/C10H16N.ClHO3.ClO3/c1-11(2,3)9-10-7-5-4-6-8-10;2*2-1(3)4/h4-8H,9H2,1-3H3;2H;/q+1;;-1. The van der Waals surface area contributed by atoms with Gasteiger partial charge in [-0.15, -0.1) is 0 Å². The van der Waals surface area contributed by atoms with Crippen LogP contribution in [-0.4, -0.2) is 30.3 Å². The van der Waals surface area contributed by atoms with Crippen molar-refractivity contribution in [2.24, 2.45) is 0 Å². The monoisotopic (exact) mass is 317 g/mol. The van der Waals surface area contributed by atoms with Gasteiger partial charge in [-0.1, -0.05) is 30.3 Å². The molecule has 0 bridgehead atoms. The second kappa shape index (κ2) is 11.4. The van der Waals surface area contributed by atoms with Gasteiger partial charge < -0.3 is 27.8 Å². The first-order valence-electron chi connectivity index (χ1n) is 4.86. The Bertz CT molecular complexity index is 293. The first kappa shape index (κ1) is 20.8. The van der Waals surface area contributed by atoms with Crippen LogP contribution < -0.4 is 23.3 Å². The molecule has 9 heteroatoms. The van der Waals surface area contributed by atoms with Gasteiger partial charge >= 0.3 is 0 Å². The average Bonchev–Trinajstić information content (AvgIpc) is 2.14. The number of nitrogens with zero attached hydrogens (tertiary/aromatic N) is 1. The third-order valence-electron chi connectivity index (χ3n) is 1.50. The average molecular weight is 318 g/mol. The second-order valence-electron chi connectivity index (χ2n) is 4.32. The number of halogens is 2. The van der Waals surface area contributed by atoms with E-state index >= 15 is 0 Å². The Morgan fingerprint density at radius 2 is 1.26 bits per heavy atom. The van der Waals surface area contributed by atoms with Crippen LogP contribution in [-0.2, 0) is 6.54 Å². The molecular formula is C10H17Cl2NO6. The van der Waals surface area contributed by atoms with Crippen LogP contribution in [0.15, 0.2) is 30.3 Å². The number of hydrogen-bond acceptors (Lipinski definition) is 6. The van der Waals surface area contributed by atoms with Crippen LogP contribution in [0.4, 0.5) is 0 Å². The first-order chi connectivity index (χ1) is 8.54. The van der Waals surface area contributed by atoms with E-state index in [1.807, 2.05) is 0 Å². The molecule has 1 N–H and O–H groups in total. The number of benzene rings is 1. The Kier molecular flexibility index (Phi) is 12.4. The molecule has 0 saturated heterocycles. The van der Waals surface area contributed by atoms with Gasteiger partial charge in [-0.2, -0.15) is 0 Å². The maximum absolute atomic E-state index is 8.52. The summed E-state index contributed by atoms with van der Waals surface area (Å²) in [5.41, 5.74) is 1.40. The lowest BCUT2D eigenvalue weighted by Crippen LogP contribution is -2.42. The molecule has 1 aromatic carbocycles. The quantitative estimate of drug-likeness (QED) is 0.545. The van der Waals surface area contributed by atoms with Gasteiger partial charge in [0.05, 0.1) is 31.9 Å². The highest BCUT2D eigenvalue weighted by atomic mass is 35.6. The molecule has 0 heterocycles. The molecule has 1 aromatic rings. The highest BCUT2D eigenvalue weighted by Crippen LogP contribution is 2.05. The molecule has 0 aliphatic carbocycles. The topological polar surface area (TPSA) is 136 Å². The molecule has 0 unspecified atom stereocenters. The van der Waals surface area contributed by atoms with Gasteiger partial charge in [0.15, 0.2) is 0 Å². The second-order valence-corrected chi connectivity index (χ2v) is 5.10. The molecule has 7 nitrogen and oxygen atoms in total. The van der Waals surface area contributed by atoms with Crippen molar-refractivity contribution in [3.63, 3.8) is 0 Å². The van der Waals surface area contributed by atoms with Gasteiger partial charge in [0.1, 0.15) is 6.54 Å². The largest absolute Gasteiger partial charge is 0.357 e. The molecule has 112 valence electrons. The minimum atomic E-state index is -2.85. The van der Waals surface area contributed by atoms with Gasteiger partial charge in [0.2, 0.25) is 0 Å². The molecule has 0 fully saturated rings. The Balaban J connectivity index is 0. The summed E-state index contributed by atoms with van der Waals surface area (Å²) in [5, 5.41) is 0. The van der Waals surface area contributed by atoms with Crippen molar-refractivity contribution in [3.05, 3.63) is 35.9 Å². The summed E-state index contributed by atoms with van der Waals surface area (Å²) in [7, 11) is 1.15. The van der Waals surface area contributed by atoms with E-state index in [9.17, 15) is 0 Å². The molecule has 0 aliphatic rings. The summed E-state index contributed by atoms with van der Waals surface area (Å²) < 4.78 is 50.2. The summed E-state index contributed by atoms with van der Waals surface area (Å²) in [6.45, 7) is 1.10. The summed E-state index contributed by atoms with van der Waals surface area (Å²) in [4.78, 5) is 0. The van der Waals surface area contributed by atoms with E-state index in [1.165, 1.54) is 5.56 Å². The predicted octanol–water partition coefficient (Wildman–Crippen LogP) is -4.61. The normalized spacial score (nSPS) is 10.5. The van der Waals surface area contributed by atoms with Crippen LogP contribution >= 0.6 is 0 Å². The van der Waals surface area contributed by atoms with E-state index in [-0.39, 0.29) is 0 Å². The Morgan fingerprint density at radius 3 is 1.53 bits per heavy atom. The third kappa shape index (κ3) is 26.9. The maximum Gasteiger partial charge on any atom is 0.282 e. The van der Waals surface area contributed by atoms with E-state index in [2.05, 4.69) is 51.5 Å². The molecule has 0 atom stereocenters. The molecule has 19 heavy (non-hydrogen) atoms. The van der Waals surface area contributed by atoms with Crippen molar-refractivity contribution in [3.8, 4) is 0 Å². The van der Waals surface area contributed by atoms with Crippen molar-refractivity contribution in [2.75, 3.05) is 21.1 Å². The molecule has 1 rings (SSSR count). The van der Waals surface area contributed by atoms with Crippen molar-refractivity contribution < 1.29 is 54.0 Å². The lowest BCUT2D eigenvalue weighted by molar-refractivity contribution is -1.73. The van der Waals surface area contributed by atoms with Crippen molar-refractivity contribution in [2.45, 2.75) is 6.54 Å². The Hall–Kier alpha value is -0.480. The van der Waals surface area contributed by atoms with Crippen LogP contribution in [0, 0.1) is 21.6 Å². The van der Waals surface area contributed by atoms with Gasteiger partial charge in [0.25, 0.3) is 10.8 Å². The van der Waals surface area contributed by atoms with E-state index < -0.39 is 21.6 Å². The predicted molar refractivity (Wildman–Crippen MR) is 50.4 cm³/mol. The van der Waals surface area contributed by atoms with E-state index in [4.69, 9.17) is 28.0 Å². The Morgan fingerprint density at radius 1 is 0.947 bits per heavy atom. The summed E-state index contributed by atoms with van der Waals surface area (Å²) in [5.74, 6) is 0. The number of rotatable bonds is 2. The van der Waals surface area contributed by atoms with E-state index in [0.717, 1.165) is 11.0 Å². The van der Waals surface area contributed by atoms with Crippen LogP contribution in [0.2, 0.25) is 0 Å². The molecule has 0 amide bonds. The van der Waals surface area contributed by atoms with Crippen molar-refractivity contribution in [1.29, 1.82) is 0 Å². The first-order valence-corrected chi connectivity index (χ1v) is 6.74. The molecule has 0 saturated carbocycles. The zero-order valence-electron chi connectivity index (χ0n) is 10.8. The number of hydrogen-bond donors (Lipinski definition) is 1. The fraction of sp³-hybridized carbons (Fsp3) is 0.400. The van der Waals surface area contributed by atoms with E-state index in [1.54, 1.807) is 0 Å². The summed E-state index contributed by atoms with van der Waals surface area (Å²) in [6.07, 6.45) is 0. The molecule has 0 radical (unpaired) electrons. The van der Waals surface area contributed by atoms with Crippen molar-refractivity contribution in [1.82, 2.24) is 0 Å². The number of quaternary nitrogens is 1. The zero-order valence-corrected chi connectivity index (χ0v) is 12.3. The molecule has 0 aromatic heterocycles. The third-order valence-corrected chi connectivity index (χ3v) is 1.50. The van der Waals surface area contributed by atoms with Gasteiger partial charge in [-0.25, -0.2) is 0 Å². The zero-order chi connectivity index (χ0) is 15.5. The molecule has 0 spiro atoms. The highest BCUT2D eigenvalue weighted by Gasteiger charge is 2.06. The fourth-order valence-electron chi connectivity index (χ4n) is 1.13. The lowest BCUT2D eigenvalue weighted by atomic mass is 10.2. The minimum Gasteiger partial charge on any atom is -0.357 e. The van der Waals surface area contributed by atoms with Crippen LogP contribution in [0.25, 0.3) is 0 Å². The summed E-state index contributed by atoms with van der Waals surface area (Å²) in [6, 6.07) is 10.6. The lowest BCUT2D eigenvalue weighted by Gasteiger charge is -2.23. The molecule has 0 aliphatic heterocycles. The smallest absolute Gasteiger partial charge is 0.282 e. The highest BCUT2D eigenvalue weighted by molar-refractivity contribution is 5.13. The SMILES string of the molecule is C[N+](C)(C)Cc1ccccc1.[O-][Cl+2]([O-])O.[O-][Cl+2]([O-])[O-]. The fourth-order valence-corrected chi connectivity index (χ4v) is 1.13. The van der Waals surface area contributed by atoms with Crippen molar-refractivity contribution >= 4 is 0 Å². The van der Waals surface area contributed by atoms with Gasteiger partial charge in [-0.05, 0) is 0 Å². The van der Waals surface area contributed by atoms with Gasteiger partial charge in [0, 0.05) is 10.2 Å². The van der Waals surface area contributed by atoms with Crippen LogP contribution in [0.3, 0.4) is 0 Å². The summed E-state index contributed by atoms with van der Waals surface area (Å²) >= 11 is 0. The maximum atomic E-state index is 8.52. The van der Waals surface area contributed by atoms with Crippen LogP contribution in [0.5, 0.6) is 0 Å². The Labute approximate surface area is 118 Å². The van der Waals surface area contributed by atoms with E-state index in [0.29, 0.717) is 0 Å². The van der Waals surface area contributed by atoms with Gasteiger partial charge in [-0.3, -0.25) is 0 Å².